The zero-order valence-electron chi connectivity index (χ0n) is 31.8. The molecule has 0 aliphatic carbocycles. The molecule has 46 heavy (non-hydrogen) atoms. The van der Waals surface area contributed by atoms with Gasteiger partial charge in [0.2, 0.25) is 0 Å². The summed E-state index contributed by atoms with van der Waals surface area (Å²) in [7, 11) is 0. The third-order valence-corrected chi connectivity index (χ3v) is 8.56. The summed E-state index contributed by atoms with van der Waals surface area (Å²) < 4.78 is 0. The summed E-state index contributed by atoms with van der Waals surface area (Å²) in [6.45, 7) is 40.0. The van der Waals surface area contributed by atoms with Gasteiger partial charge < -0.3 is 20.8 Å². The van der Waals surface area contributed by atoms with Crippen molar-refractivity contribution in [2.24, 2.45) is 34.0 Å². The third-order valence-electron chi connectivity index (χ3n) is 8.56. The molecule has 0 saturated heterocycles. The molecule has 0 aliphatic rings. The Kier molecular flexibility index (Phi) is 19.7. The van der Waals surface area contributed by atoms with Crippen molar-refractivity contribution in [1.29, 1.82) is 0 Å². The second kappa shape index (κ2) is 20.5. The summed E-state index contributed by atoms with van der Waals surface area (Å²) >= 11 is 0. The van der Waals surface area contributed by atoms with Crippen molar-refractivity contribution in [2.75, 3.05) is 0 Å². The van der Waals surface area contributed by atoms with E-state index in [0.29, 0.717) is 17.8 Å². The molecule has 3 rings (SSSR count). The van der Waals surface area contributed by atoms with Crippen molar-refractivity contribution in [2.45, 2.75) is 120 Å². The van der Waals surface area contributed by atoms with Crippen LogP contribution in [0.1, 0.15) is 137 Å². The van der Waals surface area contributed by atoms with E-state index in [1.807, 2.05) is 0 Å². The van der Waals surface area contributed by atoms with Crippen molar-refractivity contribution >= 4 is 0 Å². The van der Waals surface area contributed by atoms with Gasteiger partial charge in [0.05, 0.1) is 0 Å². The van der Waals surface area contributed by atoms with Crippen molar-refractivity contribution in [3.63, 3.8) is 0 Å². The van der Waals surface area contributed by atoms with Crippen molar-refractivity contribution in [3.05, 3.63) is 128 Å². The van der Waals surface area contributed by atoms with Gasteiger partial charge in [-0.2, -0.15) is 16.2 Å². The van der Waals surface area contributed by atoms with Gasteiger partial charge in [0.25, 0.3) is 0 Å². The molecule has 255 valence electrons. The van der Waals surface area contributed by atoms with E-state index in [1.165, 1.54) is 36.0 Å². The van der Waals surface area contributed by atoms with E-state index in [1.54, 1.807) is 0 Å². The average Bonchev–Trinajstić information content (AvgIpc) is 2.93. The van der Waals surface area contributed by atoms with E-state index in [4.69, 9.17) is 0 Å². The molecule has 3 atom stereocenters. The molecule has 3 aromatic carbocycles. The fraction of sp³-hybridized carbons (Fsp3) is 0.533. The molecule has 0 saturated carbocycles. The van der Waals surface area contributed by atoms with Crippen molar-refractivity contribution < 1.29 is 17.4 Å². The van der Waals surface area contributed by atoms with Gasteiger partial charge >= 0.3 is 17.4 Å². The number of benzene rings is 3. The van der Waals surface area contributed by atoms with E-state index in [2.05, 4.69) is 195 Å². The molecule has 0 spiro atoms. The van der Waals surface area contributed by atoms with Gasteiger partial charge in [0, 0.05) is 0 Å². The molecular weight excluding hydrogens is 592 g/mol. The maximum absolute atomic E-state index is 4.30. The third kappa shape index (κ3) is 17.4. The van der Waals surface area contributed by atoms with Gasteiger partial charge in [-0.25, -0.2) is 0 Å². The molecule has 0 aromatic heterocycles. The Morgan fingerprint density at radius 3 is 0.696 bits per heavy atom. The van der Waals surface area contributed by atoms with Crippen LogP contribution in [0.3, 0.4) is 0 Å². The maximum atomic E-state index is 4.30. The van der Waals surface area contributed by atoms with E-state index in [0.717, 1.165) is 17.8 Å². The van der Waals surface area contributed by atoms with Gasteiger partial charge in [0.15, 0.2) is 0 Å². The van der Waals surface area contributed by atoms with E-state index in [9.17, 15) is 0 Å². The number of hydrogen-bond acceptors (Lipinski definition) is 0. The van der Waals surface area contributed by atoms with Crippen LogP contribution < -0.4 is 0 Å². The van der Waals surface area contributed by atoms with Gasteiger partial charge in [-0.1, -0.05) is 174 Å². The monoisotopic (exact) mass is 661 g/mol. The number of rotatable bonds is 12. The van der Waals surface area contributed by atoms with Crippen LogP contribution in [0.15, 0.2) is 91.0 Å². The Balaban J connectivity index is 0.000000653. The van der Waals surface area contributed by atoms with Crippen LogP contribution in [0.4, 0.5) is 0 Å². The maximum Gasteiger partial charge on any atom is 3.00 e. The fourth-order valence-electron chi connectivity index (χ4n) is 6.19. The van der Waals surface area contributed by atoms with Gasteiger partial charge in [-0.05, 0) is 71.5 Å². The minimum Gasteiger partial charge on any atom is -0.337 e. The Labute approximate surface area is 298 Å². The second-order valence-corrected chi connectivity index (χ2v) is 16.7. The van der Waals surface area contributed by atoms with Gasteiger partial charge in [-0.3, -0.25) is 0 Å². The standard InChI is InChI=1S/3C15H23.Cr/c3*1-12(2)11-14(15(3,4)5)13-9-7-6-8-10-13;/h3*6-10,12,14H,3,11H2,1-2,4-5H3;/q3*-1;+3. The first-order valence-corrected chi connectivity index (χ1v) is 17.4. The molecule has 1 radical (unpaired) electrons. The summed E-state index contributed by atoms with van der Waals surface area (Å²) in [5.74, 6) is 3.82. The largest absolute Gasteiger partial charge is 3.00 e. The minimum absolute atomic E-state index is 0. The van der Waals surface area contributed by atoms with Crippen LogP contribution in [-0.2, 0) is 17.4 Å². The quantitative estimate of drug-likeness (QED) is 0.169. The Morgan fingerprint density at radius 1 is 0.391 bits per heavy atom. The molecular formula is C45H69Cr. The molecule has 1 heteroatoms. The van der Waals surface area contributed by atoms with Crippen LogP contribution in [-0.4, -0.2) is 0 Å². The van der Waals surface area contributed by atoms with Gasteiger partial charge in [0.1, 0.15) is 0 Å². The smallest absolute Gasteiger partial charge is 0.337 e. The zero-order valence-corrected chi connectivity index (χ0v) is 33.1. The van der Waals surface area contributed by atoms with Crippen LogP contribution in [0.2, 0.25) is 0 Å². The Morgan fingerprint density at radius 2 is 0.565 bits per heavy atom. The van der Waals surface area contributed by atoms with Gasteiger partial charge in [-0.15, -0.1) is 0 Å². The molecule has 0 fully saturated rings. The number of hydrogen-bond donors (Lipinski definition) is 0. The van der Waals surface area contributed by atoms with E-state index in [-0.39, 0.29) is 33.6 Å². The Hall–Kier alpha value is -1.81. The van der Waals surface area contributed by atoms with Crippen LogP contribution >= 0.6 is 0 Å². The zero-order chi connectivity index (χ0) is 34.4. The first-order valence-electron chi connectivity index (χ1n) is 17.4. The average molecular weight is 662 g/mol. The molecule has 3 aromatic rings. The van der Waals surface area contributed by atoms with Crippen molar-refractivity contribution in [1.82, 2.24) is 0 Å². The molecule has 0 bridgehead atoms. The second-order valence-electron chi connectivity index (χ2n) is 16.7. The fourth-order valence-corrected chi connectivity index (χ4v) is 6.19. The van der Waals surface area contributed by atoms with E-state index >= 15 is 0 Å². The van der Waals surface area contributed by atoms with Crippen LogP contribution in [0.25, 0.3) is 0 Å². The van der Waals surface area contributed by atoms with Crippen LogP contribution in [0.5, 0.6) is 0 Å². The molecule has 0 amide bonds. The summed E-state index contributed by atoms with van der Waals surface area (Å²) in [6.07, 6.45) is 3.63. The summed E-state index contributed by atoms with van der Waals surface area (Å²) in [4.78, 5) is 0. The normalized spacial score (nSPS) is 14.0. The molecule has 3 unspecified atom stereocenters. The predicted octanol–water partition coefficient (Wildman–Crippen LogP) is 14.0. The molecule has 0 nitrogen and oxygen atoms in total. The predicted molar refractivity (Wildman–Crippen MR) is 203 cm³/mol. The summed E-state index contributed by atoms with van der Waals surface area (Å²) in [6, 6.07) is 32.3. The minimum atomic E-state index is 0. The topological polar surface area (TPSA) is 0 Å². The summed E-state index contributed by atoms with van der Waals surface area (Å²) in [5, 5.41) is 0. The summed E-state index contributed by atoms with van der Waals surface area (Å²) in [5.41, 5.74) is 4.58. The molecule has 0 N–H and O–H groups in total. The first-order chi connectivity index (χ1) is 20.7. The first kappa shape index (κ1) is 44.2. The van der Waals surface area contributed by atoms with Crippen LogP contribution in [0, 0.1) is 54.8 Å². The van der Waals surface area contributed by atoms with E-state index < -0.39 is 0 Å². The molecule has 0 heterocycles. The molecule has 0 aliphatic heterocycles. The van der Waals surface area contributed by atoms with Crippen molar-refractivity contribution in [3.8, 4) is 0 Å². The SMILES string of the molecule is [CH2-]C(C)(C)C(CC(C)C)c1ccccc1.[CH2-]C(C)(C)C(CC(C)C)c1ccccc1.[CH2-]C(C)(C)C(CC(C)C)c1ccccc1.[Cr+3]. The Bertz CT molecular complexity index is 988.